The van der Waals surface area contributed by atoms with E-state index >= 15 is 0 Å². The maximum Gasteiger partial charge on any atom is 0.428 e. The second-order valence-corrected chi connectivity index (χ2v) is 5.97. The van der Waals surface area contributed by atoms with Gasteiger partial charge in [-0.3, -0.25) is 15.1 Å². The van der Waals surface area contributed by atoms with Crippen LogP contribution in [-0.2, 0) is 0 Å². The molecule has 6 nitrogen and oxygen atoms in total. The van der Waals surface area contributed by atoms with Crippen LogP contribution in [0.3, 0.4) is 0 Å². The molecule has 144 valence electrons. The first-order valence-corrected chi connectivity index (χ1v) is 7.84. The van der Waals surface area contributed by atoms with Crippen molar-refractivity contribution in [2.45, 2.75) is 10.9 Å². The maximum atomic E-state index is 13.4. The van der Waals surface area contributed by atoms with Crippen LogP contribution in [0.2, 0.25) is 0 Å². The van der Waals surface area contributed by atoms with E-state index in [4.69, 9.17) is 23.2 Å². The third kappa shape index (κ3) is 5.44. The molecule has 0 saturated heterocycles. The van der Waals surface area contributed by atoms with Gasteiger partial charge in [-0.25, -0.2) is 13.6 Å². The Hall–Kier alpha value is -2.59. The summed E-state index contributed by atoms with van der Waals surface area (Å²) in [5.74, 6) is -4.13. The average Bonchev–Trinajstić information content (AvgIpc) is 2.56. The van der Waals surface area contributed by atoms with E-state index in [0.29, 0.717) is 12.4 Å². The molecule has 0 aliphatic rings. The van der Waals surface area contributed by atoms with Gasteiger partial charge < -0.3 is 10.1 Å². The second-order valence-electron chi connectivity index (χ2n) is 4.88. The Morgan fingerprint density at radius 2 is 1.63 bits per heavy atom. The number of carbonyl (C=O) groups excluding carboxylic acids is 2. The highest BCUT2D eigenvalue weighted by Gasteiger charge is 2.40. The molecule has 2 aromatic rings. The number of nitrogens with zero attached hydrogens (tertiary/aromatic N) is 1. The van der Waals surface area contributed by atoms with E-state index in [-0.39, 0.29) is 11.4 Å². The van der Waals surface area contributed by atoms with E-state index in [1.165, 1.54) is 12.1 Å². The minimum atomic E-state index is -3.83. The Labute approximate surface area is 159 Å². The lowest BCUT2D eigenvalue weighted by Gasteiger charge is -2.18. The quantitative estimate of drug-likeness (QED) is 0.558. The Bertz CT molecular complexity index is 830. The Morgan fingerprint density at radius 1 is 1.07 bits per heavy atom. The summed E-state index contributed by atoms with van der Waals surface area (Å²) in [6.45, 7) is 0. The summed E-state index contributed by atoms with van der Waals surface area (Å²) in [6, 6.07) is 3.37. The van der Waals surface area contributed by atoms with Crippen LogP contribution in [0.1, 0.15) is 10.4 Å². The number of imide groups is 1. The maximum absolute atomic E-state index is 13.4. The normalized spacial score (nSPS) is 11.2. The highest BCUT2D eigenvalue weighted by molar-refractivity contribution is 6.44. The summed E-state index contributed by atoms with van der Waals surface area (Å²) >= 11 is 10.2. The van der Waals surface area contributed by atoms with E-state index in [2.05, 4.69) is 15.0 Å². The van der Waals surface area contributed by atoms with Crippen molar-refractivity contribution >= 4 is 40.8 Å². The minimum Gasteiger partial charge on any atom is -0.431 e. The minimum absolute atomic E-state index is 0.0694. The zero-order valence-corrected chi connectivity index (χ0v) is 14.5. The number of nitrogens with one attached hydrogen (secondary N) is 2. The molecule has 0 atom stereocenters. The topological polar surface area (TPSA) is 80.3 Å². The lowest BCUT2D eigenvalue weighted by molar-refractivity contribution is -0.163. The predicted octanol–water partition coefficient (Wildman–Crippen LogP) is 4.10. The number of alkyl halides is 4. The summed E-state index contributed by atoms with van der Waals surface area (Å²) < 4.78 is 57.6. The predicted molar refractivity (Wildman–Crippen MR) is 88.1 cm³/mol. The third-order valence-electron chi connectivity index (χ3n) is 2.93. The van der Waals surface area contributed by atoms with Gasteiger partial charge in [0.25, 0.3) is 5.91 Å². The van der Waals surface area contributed by atoms with Gasteiger partial charge in [-0.15, -0.1) is 0 Å². The van der Waals surface area contributed by atoms with Crippen molar-refractivity contribution in [3.63, 3.8) is 0 Å². The summed E-state index contributed by atoms with van der Waals surface area (Å²) in [5.41, 5.74) is -0.914. The smallest absolute Gasteiger partial charge is 0.428 e. The first-order chi connectivity index (χ1) is 12.6. The zero-order chi connectivity index (χ0) is 20.2. The molecule has 1 aromatic carbocycles. The van der Waals surface area contributed by atoms with Gasteiger partial charge in [0, 0.05) is 5.69 Å². The van der Waals surface area contributed by atoms with Crippen LogP contribution in [0.25, 0.3) is 0 Å². The Kier molecular flexibility index (Phi) is 6.45. The molecule has 2 N–H and O–H groups in total. The lowest BCUT2D eigenvalue weighted by atomic mass is 10.2. The number of hydrogen-bond acceptors (Lipinski definition) is 4. The number of ether oxygens (including phenoxy) is 1. The van der Waals surface area contributed by atoms with Gasteiger partial charge in [0.05, 0.1) is 12.4 Å². The molecular formula is C15H9Cl2F4N3O3. The van der Waals surface area contributed by atoms with E-state index in [9.17, 15) is 27.2 Å². The van der Waals surface area contributed by atoms with Crippen LogP contribution >= 0.6 is 23.2 Å². The van der Waals surface area contributed by atoms with Crippen LogP contribution in [0.15, 0.2) is 36.7 Å². The number of amides is 3. The molecule has 1 heterocycles. The number of halogens is 6. The fourth-order valence-electron chi connectivity index (χ4n) is 1.76. The van der Waals surface area contributed by atoms with Gasteiger partial charge in [-0.1, -0.05) is 23.2 Å². The van der Waals surface area contributed by atoms with Crippen LogP contribution in [-0.4, -0.2) is 27.9 Å². The average molecular weight is 426 g/mol. The standard InChI is InChI=1S/C15H9Cl2F4N3O3/c16-13(17)15(20,21)27-8-3-1-7(2-4-8)23-14(26)24-12(25)11-9(18)5-22-6-10(11)19/h1-6,13H,(H2,23,24,25,26). The van der Waals surface area contributed by atoms with Crippen molar-refractivity contribution in [3.8, 4) is 5.75 Å². The molecule has 27 heavy (non-hydrogen) atoms. The van der Waals surface area contributed by atoms with E-state index in [1.807, 2.05) is 0 Å². The van der Waals surface area contributed by atoms with Gasteiger partial charge >= 0.3 is 12.1 Å². The number of benzene rings is 1. The summed E-state index contributed by atoms with van der Waals surface area (Å²) in [5, 5.41) is 3.88. The summed E-state index contributed by atoms with van der Waals surface area (Å²) in [4.78, 5) is 24.6. The van der Waals surface area contributed by atoms with Crippen molar-refractivity contribution in [3.05, 3.63) is 53.9 Å². The molecule has 3 amide bonds. The molecule has 0 aliphatic carbocycles. The van der Waals surface area contributed by atoms with Crippen molar-refractivity contribution in [2.75, 3.05) is 5.32 Å². The molecule has 0 radical (unpaired) electrons. The molecule has 2 rings (SSSR count). The monoisotopic (exact) mass is 425 g/mol. The largest absolute Gasteiger partial charge is 0.431 e. The summed E-state index contributed by atoms with van der Waals surface area (Å²) in [7, 11) is 0. The zero-order valence-electron chi connectivity index (χ0n) is 13.0. The van der Waals surface area contributed by atoms with Crippen LogP contribution in [0.4, 0.5) is 28.0 Å². The van der Waals surface area contributed by atoms with Gasteiger partial charge in [0.15, 0.2) is 11.6 Å². The fraction of sp³-hybridized carbons (Fsp3) is 0.133. The van der Waals surface area contributed by atoms with Crippen LogP contribution in [0, 0.1) is 11.6 Å². The number of anilines is 1. The van der Waals surface area contributed by atoms with Gasteiger partial charge in [-0.2, -0.15) is 8.78 Å². The Morgan fingerprint density at radius 3 is 2.15 bits per heavy atom. The SMILES string of the molecule is O=C(NC(=O)c1c(F)cncc1F)Nc1ccc(OC(F)(F)C(Cl)Cl)cc1. The number of hydrogen-bond donors (Lipinski definition) is 2. The third-order valence-corrected chi connectivity index (χ3v) is 3.44. The highest BCUT2D eigenvalue weighted by Crippen LogP contribution is 2.30. The molecule has 0 saturated carbocycles. The van der Waals surface area contributed by atoms with Gasteiger partial charge in [-0.05, 0) is 24.3 Å². The number of rotatable bonds is 5. The van der Waals surface area contributed by atoms with Gasteiger partial charge in [0.1, 0.15) is 11.3 Å². The molecule has 0 fully saturated rings. The molecular weight excluding hydrogens is 417 g/mol. The van der Waals surface area contributed by atoms with Crippen molar-refractivity contribution in [1.82, 2.24) is 10.3 Å². The first kappa shape index (κ1) is 20.7. The number of aromatic nitrogens is 1. The molecule has 0 unspecified atom stereocenters. The van der Waals surface area contributed by atoms with Gasteiger partial charge in [0.2, 0.25) is 4.84 Å². The molecule has 0 aliphatic heterocycles. The molecule has 0 bridgehead atoms. The Balaban J connectivity index is 1.99. The van der Waals surface area contributed by atoms with Crippen molar-refractivity contribution in [1.29, 1.82) is 0 Å². The summed E-state index contributed by atoms with van der Waals surface area (Å²) in [6.07, 6.45) is -2.62. The van der Waals surface area contributed by atoms with E-state index in [0.717, 1.165) is 12.1 Å². The first-order valence-electron chi connectivity index (χ1n) is 6.96. The molecule has 12 heteroatoms. The highest BCUT2D eigenvalue weighted by atomic mass is 35.5. The fourth-order valence-corrected chi connectivity index (χ4v) is 1.85. The van der Waals surface area contributed by atoms with E-state index in [1.54, 1.807) is 5.32 Å². The number of urea groups is 1. The second kappa shape index (κ2) is 8.40. The number of pyridine rings is 1. The van der Waals surface area contributed by atoms with Crippen molar-refractivity contribution in [2.24, 2.45) is 0 Å². The van der Waals surface area contributed by atoms with Crippen molar-refractivity contribution < 1.29 is 31.9 Å². The van der Waals surface area contributed by atoms with E-state index < -0.39 is 40.1 Å². The van der Waals surface area contributed by atoms with Crippen LogP contribution < -0.4 is 15.4 Å². The van der Waals surface area contributed by atoms with Crippen LogP contribution in [0.5, 0.6) is 5.75 Å². The lowest BCUT2D eigenvalue weighted by Crippen LogP contribution is -2.35. The molecule has 1 aromatic heterocycles. The molecule has 0 spiro atoms. The number of carbonyl (C=O) groups is 2.